The van der Waals surface area contributed by atoms with Gasteiger partial charge in [-0.15, -0.1) is 20.5 Å². The highest BCUT2D eigenvalue weighted by Crippen LogP contribution is 2.72. The standard InChI is InChI=1S/C20H19NPS.2ClHO4/c1-20(21)22(16-10-4-2-5-11-16,17-12-6-3-7-13-17)18-14-8-9-15-19(18)23-20;2*2-1(3,4)5/h2-15H,21H2,1H3;2*(H,2,3,4,5)/q+1;;/p-1/t20-;;/m1../s1. The summed E-state index contributed by atoms with van der Waals surface area (Å²) < 4.78 is 67.8. The lowest BCUT2D eigenvalue weighted by atomic mass is 10.3. The van der Waals surface area contributed by atoms with E-state index in [-0.39, 0.29) is 4.61 Å². The highest BCUT2D eigenvalue weighted by atomic mass is 35.7. The Morgan fingerprint density at radius 1 is 0.636 bits per heavy atom. The zero-order valence-electron chi connectivity index (χ0n) is 17.2. The molecule has 1 aliphatic heterocycles. The Kier molecular flexibility index (Phi) is 9.25. The Bertz CT molecular complexity index is 970. The minimum Gasteiger partial charge on any atom is -0.312 e. The van der Waals surface area contributed by atoms with Gasteiger partial charge in [0.25, 0.3) is 4.61 Å². The number of thioether (sulfide) groups is 1. The van der Waals surface area contributed by atoms with E-state index in [9.17, 15) is 0 Å². The SMILES string of the molecule is C[C@]1([NH3+])Sc2ccccc2[P+]1(c1ccccc1)c1ccccc1.[O-][Cl+3]([O-])([O-])[O-].[O-][Cl+3]([O-])([O-])[O-]. The molecule has 0 unspecified atom stereocenters. The maximum Gasteiger partial charge on any atom is 0.256 e. The predicted octanol–water partition coefficient (Wildman–Crippen LogP) is -6.51. The highest BCUT2D eigenvalue weighted by molar-refractivity contribution is 8.18. The van der Waals surface area contributed by atoms with Gasteiger partial charge in [0.2, 0.25) is 0 Å². The fourth-order valence-electron chi connectivity index (χ4n) is 3.66. The van der Waals surface area contributed by atoms with Crippen LogP contribution in [0.4, 0.5) is 0 Å². The topological polar surface area (TPSA) is 212 Å². The van der Waals surface area contributed by atoms with Crippen LogP contribution in [0.3, 0.4) is 0 Å². The molecule has 3 aromatic carbocycles. The van der Waals surface area contributed by atoms with E-state index in [4.69, 9.17) is 43.0 Å². The minimum absolute atomic E-state index is 0.0978. The lowest BCUT2D eigenvalue weighted by Gasteiger charge is -2.30. The van der Waals surface area contributed by atoms with Crippen LogP contribution in [-0.4, -0.2) is 4.61 Å². The summed E-state index contributed by atoms with van der Waals surface area (Å²) in [6.45, 7) is 2.31. The van der Waals surface area contributed by atoms with Crippen LogP contribution in [0.5, 0.6) is 0 Å². The first-order valence-electron chi connectivity index (χ1n) is 9.04. The Balaban J connectivity index is 0.000000327. The van der Waals surface area contributed by atoms with Gasteiger partial charge < -0.3 is 5.73 Å². The van der Waals surface area contributed by atoms with Crippen molar-refractivity contribution in [3.05, 3.63) is 84.9 Å². The van der Waals surface area contributed by atoms with Crippen LogP contribution in [0.25, 0.3) is 0 Å². The van der Waals surface area contributed by atoms with Gasteiger partial charge in [0, 0.05) is 6.92 Å². The zero-order chi connectivity index (χ0) is 24.9. The molecule has 0 radical (unpaired) electrons. The first-order valence-corrected chi connectivity index (χ1v) is 14.1. The molecule has 0 bridgehead atoms. The largest absolute Gasteiger partial charge is 0.312 e. The summed E-state index contributed by atoms with van der Waals surface area (Å²) in [5.41, 5.74) is 4.70. The minimum atomic E-state index is -4.94. The number of quaternary nitrogens is 1. The molecule has 1 atom stereocenters. The summed E-state index contributed by atoms with van der Waals surface area (Å²) in [6.07, 6.45) is 0. The Labute approximate surface area is 199 Å². The van der Waals surface area contributed by atoms with Gasteiger partial charge in [-0.1, -0.05) is 48.5 Å². The second-order valence-electron chi connectivity index (χ2n) is 6.84. The number of halogens is 2. The molecular formula is C20H20Cl2NO8PS. The van der Waals surface area contributed by atoms with Crippen LogP contribution in [-0.2, 0) is 0 Å². The quantitative estimate of drug-likeness (QED) is 0.308. The summed E-state index contributed by atoms with van der Waals surface area (Å²) >= 11 is 1.93. The van der Waals surface area contributed by atoms with Crippen LogP contribution in [0.15, 0.2) is 89.8 Å². The van der Waals surface area contributed by atoms with Gasteiger partial charge in [0.15, 0.2) is 7.26 Å². The molecule has 0 amide bonds. The van der Waals surface area contributed by atoms with E-state index in [1.165, 1.54) is 20.8 Å². The maximum absolute atomic E-state index is 8.49. The highest BCUT2D eigenvalue weighted by Gasteiger charge is 2.67. The molecule has 0 aromatic heterocycles. The van der Waals surface area contributed by atoms with Crippen molar-refractivity contribution < 1.29 is 63.5 Å². The summed E-state index contributed by atoms with van der Waals surface area (Å²) in [5, 5.41) is 4.31. The number of hydrogen-bond donors (Lipinski definition) is 1. The molecule has 3 aromatic rings. The molecule has 0 fully saturated rings. The van der Waals surface area contributed by atoms with Crippen molar-refractivity contribution in [3.8, 4) is 0 Å². The maximum atomic E-state index is 8.49. The molecule has 178 valence electrons. The number of benzene rings is 3. The molecule has 0 saturated carbocycles. The number of hydrogen-bond acceptors (Lipinski definition) is 9. The first-order chi connectivity index (χ1) is 15.2. The normalized spacial score (nSPS) is 18.8. The third-order valence-electron chi connectivity index (χ3n) is 4.55. The zero-order valence-corrected chi connectivity index (χ0v) is 20.4. The molecule has 9 nitrogen and oxygen atoms in total. The van der Waals surface area contributed by atoms with E-state index < -0.39 is 27.7 Å². The average Bonchev–Trinajstić information content (AvgIpc) is 2.93. The van der Waals surface area contributed by atoms with E-state index in [0.717, 1.165) is 0 Å². The monoisotopic (exact) mass is 535 g/mol. The predicted molar refractivity (Wildman–Crippen MR) is 102 cm³/mol. The smallest absolute Gasteiger partial charge is 0.256 e. The lowest BCUT2D eigenvalue weighted by Crippen LogP contribution is -2.71. The molecule has 1 heterocycles. The van der Waals surface area contributed by atoms with Crippen LogP contribution < -0.4 is 58.9 Å². The fraction of sp³-hybridized carbons (Fsp3) is 0.100. The van der Waals surface area contributed by atoms with Crippen molar-refractivity contribution in [3.63, 3.8) is 0 Å². The van der Waals surface area contributed by atoms with Gasteiger partial charge in [-0.2, -0.15) is 0 Å². The van der Waals surface area contributed by atoms with Gasteiger partial charge in [-0.05, 0) is 48.2 Å². The Morgan fingerprint density at radius 3 is 1.36 bits per heavy atom. The van der Waals surface area contributed by atoms with Gasteiger partial charge in [-0.3, -0.25) is 0 Å². The van der Waals surface area contributed by atoms with Gasteiger partial charge in [0.05, 0.1) is 4.90 Å². The molecule has 4 rings (SSSR count). The first kappa shape index (κ1) is 27.9. The third kappa shape index (κ3) is 7.57. The van der Waals surface area contributed by atoms with Crippen LogP contribution in [0, 0.1) is 20.5 Å². The second-order valence-corrected chi connectivity index (χ2v) is 14.0. The molecule has 3 N–H and O–H groups in total. The van der Waals surface area contributed by atoms with Crippen molar-refractivity contribution in [1.82, 2.24) is 0 Å². The molecule has 0 aliphatic carbocycles. The Hall–Kier alpha value is -1.34. The van der Waals surface area contributed by atoms with Crippen molar-refractivity contribution in [2.45, 2.75) is 16.4 Å². The number of fused-ring (bicyclic) bond motifs is 1. The summed E-state index contributed by atoms with van der Waals surface area (Å²) in [5.74, 6) is 0. The van der Waals surface area contributed by atoms with Gasteiger partial charge in [-0.25, -0.2) is 37.3 Å². The average molecular weight is 536 g/mol. The Morgan fingerprint density at radius 2 is 0.970 bits per heavy atom. The molecule has 1 aliphatic rings. The summed E-state index contributed by atoms with van der Waals surface area (Å²) in [7, 11) is -11.7. The molecule has 0 saturated heterocycles. The van der Waals surface area contributed by atoms with Crippen molar-refractivity contribution >= 4 is 34.9 Å². The number of rotatable bonds is 2. The van der Waals surface area contributed by atoms with Crippen molar-refractivity contribution in [2.24, 2.45) is 0 Å². The van der Waals surface area contributed by atoms with E-state index in [1.807, 2.05) is 11.8 Å². The van der Waals surface area contributed by atoms with E-state index in [2.05, 4.69) is 91.9 Å². The third-order valence-corrected chi connectivity index (χ3v) is 11.5. The fourth-order valence-corrected chi connectivity index (χ4v) is 11.2. The van der Waals surface area contributed by atoms with Crippen molar-refractivity contribution in [2.75, 3.05) is 0 Å². The molecule has 33 heavy (non-hydrogen) atoms. The second kappa shape index (κ2) is 10.9. The molecular weight excluding hydrogens is 516 g/mol. The van der Waals surface area contributed by atoms with Gasteiger partial charge >= 0.3 is 0 Å². The van der Waals surface area contributed by atoms with Crippen molar-refractivity contribution in [1.29, 1.82) is 0 Å². The van der Waals surface area contributed by atoms with Crippen LogP contribution in [0.2, 0.25) is 0 Å². The molecule has 0 spiro atoms. The summed E-state index contributed by atoms with van der Waals surface area (Å²) in [6, 6.07) is 30.8. The van der Waals surface area contributed by atoms with Crippen LogP contribution in [0.1, 0.15) is 6.92 Å². The van der Waals surface area contributed by atoms with E-state index in [0.29, 0.717) is 0 Å². The van der Waals surface area contributed by atoms with Crippen LogP contribution >= 0.6 is 19.0 Å². The molecule has 13 heteroatoms. The van der Waals surface area contributed by atoms with Gasteiger partial charge in [0.1, 0.15) is 15.9 Å². The van der Waals surface area contributed by atoms with E-state index in [1.54, 1.807) is 0 Å². The lowest BCUT2D eigenvalue weighted by molar-refractivity contribution is -2.00. The summed E-state index contributed by atoms with van der Waals surface area (Å²) in [4.78, 5) is 1.38. The van der Waals surface area contributed by atoms with E-state index >= 15 is 0 Å².